The van der Waals surface area contributed by atoms with E-state index in [0.29, 0.717) is 5.92 Å². The molecule has 0 amide bonds. The second-order valence-corrected chi connectivity index (χ2v) is 5.40. The van der Waals surface area contributed by atoms with Crippen LogP contribution in [0.4, 0.5) is 13.2 Å². The monoisotopic (exact) mass is 270 g/mol. The predicted molar refractivity (Wildman–Crippen MR) is 66.9 cm³/mol. The molecule has 19 heavy (non-hydrogen) atoms. The average molecular weight is 270 g/mol. The van der Waals surface area contributed by atoms with E-state index in [1.54, 1.807) is 0 Å². The maximum atomic E-state index is 12.6. The predicted octanol–water partition coefficient (Wildman–Crippen LogP) is 4.71. The Balaban J connectivity index is 2.15. The second-order valence-electron chi connectivity index (χ2n) is 5.40. The van der Waals surface area contributed by atoms with Gasteiger partial charge in [-0.2, -0.15) is 13.2 Å². The van der Waals surface area contributed by atoms with Crippen molar-refractivity contribution in [2.24, 2.45) is 11.8 Å². The summed E-state index contributed by atoms with van der Waals surface area (Å²) in [6.07, 6.45) is -0.853. The maximum Gasteiger partial charge on any atom is 0.416 e. The van der Waals surface area contributed by atoms with Gasteiger partial charge in [0.05, 0.1) is 5.56 Å². The Labute approximate surface area is 110 Å². The molecule has 0 bridgehead atoms. The molecule has 0 atom stereocenters. The van der Waals surface area contributed by atoms with Crippen LogP contribution < -0.4 is 0 Å². The van der Waals surface area contributed by atoms with Crippen molar-refractivity contribution >= 4 is 5.78 Å². The Morgan fingerprint density at radius 1 is 1.16 bits per heavy atom. The lowest BCUT2D eigenvalue weighted by atomic mass is 9.79. The van der Waals surface area contributed by atoms with Gasteiger partial charge in [-0.1, -0.05) is 31.9 Å². The lowest BCUT2D eigenvalue weighted by Gasteiger charge is -2.25. The molecule has 0 aliphatic heterocycles. The molecule has 2 rings (SSSR count). The fourth-order valence-electron chi connectivity index (χ4n) is 2.61. The Bertz CT molecular complexity index is 457. The Morgan fingerprint density at radius 2 is 1.79 bits per heavy atom. The largest absolute Gasteiger partial charge is 0.416 e. The Morgan fingerprint density at radius 3 is 2.37 bits per heavy atom. The van der Waals surface area contributed by atoms with Gasteiger partial charge < -0.3 is 0 Å². The van der Waals surface area contributed by atoms with Gasteiger partial charge in [-0.3, -0.25) is 4.79 Å². The zero-order valence-corrected chi connectivity index (χ0v) is 10.8. The molecule has 1 saturated carbocycles. The lowest BCUT2D eigenvalue weighted by Crippen LogP contribution is -2.21. The standard InChI is InChI=1S/C15H17F3O/c1-10-5-7-11(8-6-10)14(19)12-3-2-4-13(9-12)15(16,17)18/h2-4,9-11H,5-8H2,1H3. The molecule has 0 aromatic heterocycles. The third kappa shape index (κ3) is 3.37. The molecule has 1 aromatic rings. The SMILES string of the molecule is CC1CCC(C(=O)c2cccc(C(F)(F)F)c2)CC1. The average Bonchev–Trinajstić information content (AvgIpc) is 2.38. The van der Waals surface area contributed by atoms with E-state index in [4.69, 9.17) is 0 Å². The minimum atomic E-state index is -4.39. The highest BCUT2D eigenvalue weighted by molar-refractivity contribution is 5.98. The molecular weight excluding hydrogens is 253 g/mol. The van der Waals surface area contributed by atoms with Gasteiger partial charge in [0.25, 0.3) is 0 Å². The summed E-state index contributed by atoms with van der Waals surface area (Å²) in [6, 6.07) is 4.76. The van der Waals surface area contributed by atoms with Crippen molar-refractivity contribution in [2.45, 2.75) is 38.8 Å². The summed E-state index contributed by atoms with van der Waals surface area (Å²) in [5, 5.41) is 0. The normalized spacial score (nSPS) is 24.2. The van der Waals surface area contributed by atoms with Gasteiger partial charge >= 0.3 is 6.18 Å². The molecular formula is C15H17F3O. The van der Waals surface area contributed by atoms with Crippen molar-refractivity contribution < 1.29 is 18.0 Å². The molecule has 0 spiro atoms. The fourth-order valence-corrected chi connectivity index (χ4v) is 2.61. The third-order valence-corrected chi connectivity index (χ3v) is 3.86. The van der Waals surface area contributed by atoms with E-state index in [-0.39, 0.29) is 17.3 Å². The van der Waals surface area contributed by atoms with Gasteiger partial charge in [0.2, 0.25) is 0 Å². The van der Waals surface area contributed by atoms with Gasteiger partial charge in [0.15, 0.2) is 5.78 Å². The zero-order valence-electron chi connectivity index (χ0n) is 10.8. The van der Waals surface area contributed by atoms with Crippen LogP contribution in [0.25, 0.3) is 0 Å². The van der Waals surface area contributed by atoms with Crippen molar-refractivity contribution in [3.63, 3.8) is 0 Å². The highest BCUT2D eigenvalue weighted by atomic mass is 19.4. The fraction of sp³-hybridized carbons (Fsp3) is 0.533. The molecule has 0 N–H and O–H groups in total. The Hall–Kier alpha value is -1.32. The van der Waals surface area contributed by atoms with Crippen molar-refractivity contribution in [3.05, 3.63) is 35.4 Å². The highest BCUT2D eigenvalue weighted by Gasteiger charge is 2.32. The van der Waals surface area contributed by atoms with Crippen LogP contribution in [0.1, 0.15) is 48.5 Å². The molecule has 104 valence electrons. The maximum absolute atomic E-state index is 12.6. The van der Waals surface area contributed by atoms with Gasteiger partial charge in [0.1, 0.15) is 0 Å². The van der Waals surface area contributed by atoms with Crippen molar-refractivity contribution in [1.29, 1.82) is 0 Å². The van der Waals surface area contributed by atoms with Crippen LogP contribution in [0, 0.1) is 11.8 Å². The van der Waals surface area contributed by atoms with Gasteiger partial charge in [0, 0.05) is 11.5 Å². The number of carbonyl (C=O) groups is 1. The topological polar surface area (TPSA) is 17.1 Å². The molecule has 0 unspecified atom stereocenters. The first-order valence-corrected chi connectivity index (χ1v) is 6.59. The lowest BCUT2D eigenvalue weighted by molar-refractivity contribution is -0.137. The number of carbonyl (C=O) groups excluding carboxylic acids is 1. The number of hydrogen-bond donors (Lipinski definition) is 0. The number of rotatable bonds is 2. The first-order valence-electron chi connectivity index (χ1n) is 6.59. The molecule has 0 heterocycles. The summed E-state index contributed by atoms with van der Waals surface area (Å²) in [5.74, 6) is 0.364. The van der Waals surface area contributed by atoms with Crippen LogP contribution in [0.15, 0.2) is 24.3 Å². The first-order chi connectivity index (χ1) is 8.88. The summed E-state index contributed by atoms with van der Waals surface area (Å²) in [5.41, 5.74) is -0.558. The summed E-state index contributed by atoms with van der Waals surface area (Å²) < 4.78 is 37.8. The van der Waals surface area contributed by atoms with Crippen LogP contribution in [0.3, 0.4) is 0 Å². The molecule has 0 radical (unpaired) electrons. The van der Waals surface area contributed by atoms with E-state index in [9.17, 15) is 18.0 Å². The Kier molecular flexibility index (Phi) is 3.97. The van der Waals surface area contributed by atoms with Crippen molar-refractivity contribution in [2.75, 3.05) is 0 Å². The van der Waals surface area contributed by atoms with Crippen molar-refractivity contribution in [1.82, 2.24) is 0 Å². The summed E-state index contributed by atoms with van der Waals surface area (Å²) in [6.45, 7) is 2.14. The smallest absolute Gasteiger partial charge is 0.294 e. The molecule has 4 heteroatoms. The number of alkyl halides is 3. The zero-order chi connectivity index (χ0) is 14.0. The van der Waals surface area contributed by atoms with Crippen LogP contribution in [0.2, 0.25) is 0 Å². The van der Waals surface area contributed by atoms with Gasteiger partial charge in [-0.05, 0) is 30.9 Å². The molecule has 1 aliphatic carbocycles. The molecule has 1 fully saturated rings. The number of hydrogen-bond acceptors (Lipinski definition) is 1. The van der Waals surface area contributed by atoms with E-state index in [2.05, 4.69) is 6.92 Å². The number of Topliss-reactive ketones (excluding diaryl/α,β-unsaturated/α-hetero) is 1. The van der Waals surface area contributed by atoms with Crippen LogP contribution >= 0.6 is 0 Å². The van der Waals surface area contributed by atoms with E-state index < -0.39 is 11.7 Å². The molecule has 1 aromatic carbocycles. The van der Waals surface area contributed by atoms with E-state index in [0.717, 1.165) is 37.8 Å². The second kappa shape index (κ2) is 5.35. The summed E-state index contributed by atoms with van der Waals surface area (Å²) in [7, 11) is 0. The number of halogens is 3. The van der Waals surface area contributed by atoms with Crippen LogP contribution in [0.5, 0.6) is 0 Å². The summed E-state index contributed by atoms with van der Waals surface area (Å²) in [4.78, 5) is 12.2. The minimum absolute atomic E-state index is 0.111. The van der Waals surface area contributed by atoms with Crippen LogP contribution in [-0.4, -0.2) is 5.78 Å². The number of benzene rings is 1. The van der Waals surface area contributed by atoms with Gasteiger partial charge in [-0.15, -0.1) is 0 Å². The molecule has 1 nitrogen and oxygen atoms in total. The number of ketones is 1. The van der Waals surface area contributed by atoms with Gasteiger partial charge in [-0.25, -0.2) is 0 Å². The highest BCUT2D eigenvalue weighted by Crippen LogP contribution is 2.33. The molecule has 1 aliphatic rings. The quantitative estimate of drug-likeness (QED) is 0.711. The molecule has 0 saturated heterocycles. The van der Waals surface area contributed by atoms with E-state index in [1.165, 1.54) is 12.1 Å². The van der Waals surface area contributed by atoms with Crippen LogP contribution in [-0.2, 0) is 6.18 Å². The summed E-state index contributed by atoms with van der Waals surface area (Å²) >= 11 is 0. The first kappa shape index (κ1) is 14.1. The minimum Gasteiger partial charge on any atom is -0.294 e. The van der Waals surface area contributed by atoms with E-state index in [1.807, 2.05) is 0 Å². The van der Waals surface area contributed by atoms with E-state index >= 15 is 0 Å². The van der Waals surface area contributed by atoms with Crippen molar-refractivity contribution in [3.8, 4) is 0 Å². The third-order valence-electron chi connectivity index (χ3n) is 3.86.